The van der Waals surface area contributed by atoms with Gasteiger partial charge in [-0.2, -0.15) is 0 Å². The van der Waals surface area contributed by atoms with E-state index in [2.05, 4.69) is 0 Å². The number of carbonyl (C=O) groups is 1. The molecule has 2 aromatic rings. The van der Waals surface area contributed by atoms with Crippen LogP contribution in [0.15, 0.2) is 42.5 Å². The second-order valence-corrected chi connectivity index (χ2v) is 3.48. The molecule has 0 spiro atoms. The van der Waals surface area contributed by atoms with E-state index in [1.54, 1.807) is 0 Å². The zero-order chi connectivity index (χ0) is 12.4. The van der Waals surface area contributed by atoms with Gasteiger partial charge in [0.05, 0.1) is 11.1 Å². The van der Waals surface area contributed by atoms with E-state index in [1.165, 1.54) is 30.3 Å². The SMILES string of the molecule is O=C(O)c1cccc(-c2c(F)cccc2F)c1. The van der Waals surface area contributed by atoms with Gasteiger partial charge in [-0.3, -0.25) is 0 Å². The molecule has 0 aliphatic heterocycles. The van der Waals surface area contributed by atoms with Crippen molar-refractivity contribution in [2.24, 2.45) is 0 Å². The molecule has 0 heterocycles. The third-order valence-electron chi connectivity index (χ3n) is 2.36. The molecule has 2 rings (SSSR count). The summed E-state index contributed by atoms with van der Waals surface area (Å²) in [6, 6.07) is 9.04. The minimum absolute atomic E-state index is 0.00912. The number of aromatic carboxylic acids is 1. The summed E-state index contributed by atoms with van der Waals surface area (Å²) < 4.78 is 27.0. The number of benzene rings is 2. The van der Waals surface area contributed by atoms with Crippen LogP contribution in [0, 0.1) is 11.6 Å². The Balaban J connectivity index is 2.61. The average Bonchev–Trinajstić information content (AvgIpc) is 2.29. The van der Waals surface area contributed by atoms with E-state index in [9.17, 15) is 13.6 Å². The fourth-order valence-corrected chi connectivity index (χ4v) is 1.58. The third kappa shape index (κ3) is 2.15. The summed E-state index contributed by atoms with van der Waals surface area (Å²) in [4.78, 5) is 10.8. The number of hydrogen-bond donors (Lipinski definition) is 1. The van der Waals surface area contributed by atoms with Crippen LogP contribution >= 0.6 is 0 Å². The van der Waals surface area contributed by atoms with Crippen LogP contribution in [0.1, 0.15) is 10.4 Å². The Morgan fingerprint density at radius 1 is 1.00 bits per heavy atom. The predicted octanol–water partition coefficient (Wildman–Crippen LogP) is 3.33. The molecule has 0 unspecified atom stereocenters. The van der Waals surface area contributed by atoms with Gasteiger partial charge in [-0.1, -0.05) is 18.2 Å². The van der Waals surface area contributed by atoms with Crippen molar-refractivity contribution in [3.63, 3.8) is 0 Å². The van der Waals surface area contributed by atoms with Crippen molar-refractivity contribution in [3.8, 4) is 11.1 Å². The van der Waals surface area contributed by atoms with Crippen molar-refractivity contribution >= 4 is 5.97 Å². The van der Waals surface area contributed by atoms with Crippen molar-refractivity contribution in [1.29, 1.82) is 0 Å². The van der Waals surface area contributed by atoms with Gasteiger partial charge in [0, 0.05) is 0 Å². The highest BCUT2D eigenvalue weighted by Gasteiger charge is 2.12. The molecule has 1 N–H and O–H groups in total. The van der Waals surface area contributed by atoms with E-state index >= 15 is 0 Å². The molecule has 0 atom stereocenters. The minimum atomic E-state index is -1.14. The Bertz CT molecular complexity index is 559. The second kappa shape index (κ2) is 4.33. The van der Waals surface area contributed by atoms with Crippen LogP contribution < -0.4 is 0 Å². The summed E-state index contributed by atoms with van der Waals surface area (Å²) >= 11 is 0. The van der Waals surface area contributed by atoms with Crippen LogP contribution in [0.25, 0.3) is 11.1 Å². The third-order valence-corrected chi connectivity index (χ3v) is 2.36. The van der Waals surface area contributed by atoms with Gasteiger partial charge in [0.1, 0.15) is 11.6 Å². The summed E-state index contributed by atoms with van der Waals surface area (Å²) in [6.45, 7) is 0. The maximum atomic E-state index is 13.5. The fourth-order valence-electron chi connectivity index (χ4n) is 1.58. The molecule has 0 fully saturated rings. The van der Waals surface area contributed by atoms with E-state index in [4.69, 9.17) is 5.11 Å². The standard InChI is InChI=1S/C13H8F2O2/c14-10-5-2-6-11(15)12(10)8-3-1-4-9(7-8)13(16)17/h1-7H,(H,16,17). The van der Waals surface area contributed by atoms with E-state index in [0.29, 0.717) is 0 Å². The van der Waals surface area contributed by atoms with Crippen LogP contribution in [0.5, 0.6) is 0 Å². The normalized spacial score (nSPS) is 10.2. The van der Waals surface area contributed by atoms with Crippen LogP contribution in [0.3, 0.4) is 0 Å². The molecule has 17 heavy (non-hydrogen) atoms. The molecule has 2 aromatic carbocycles. The summed E-state index contributed by atoms with van der Waals surface area (Å²) in [5, 5.41) is 8.81. The second-order valence-electron chi connectivity index (χ2n) is 3.48. The first-order chi connectivity index (χ1) is 8.09. The van der Waals surface area contributed by atoms with Crippen LogP contribution in [-0.2, 0) is 0 Å². The van der Waals surface area contributed by atoms with Crippen molar-refractivity contribution in [2.45, 2.75) is 0 Å². The van der Waals surface area contributed by atoms with Gasteiger partial charge in [0.15, 0.2) is 0 Å². The number of hydrogen-bond acceptors (Lipinski definition) is 1. The molecule has 0 saturated heterocycles. The highest BCUT2D eigenvalue weighted by atomic mass is 19.1. The first kappa shape index (κ1) is 11.3. The first-order valence-electron chi connectivity index (χ1n) is 4.87. The van der Waals surface area contributed by atoms with Crippen molar-refractivity contribution < 1.29 is 18.7 Å². The van der Waals surface area contributed by atoms with Gasteiger partial charge in [0.25, 0.3) is 0 Å². The summed E-state index contributed by atoms with van der Waals surface area (Å²) in [7, 11) is 0. The monoisotopic (exact) mass is 234 g/mol. The lowest BCUT2D eigenvalue weighted by molar-refractivity contribution is 0.0697. The Morgan fingerprint density at radius 3 is 2.18 bits per heavy atom. The van der Waals surface area contributed by atoms with E-state index < -0.39 is 17.6 Å². The maximum Gasteiger partial charge on any atom is 0.335 e. The lowest BCUT2D eigenvalue weighted by Crippen LogP contribution is -1.97. The van der Waals surface area contributed by atoms with E-state index in [1.807, 2.05) is 0 Å². The van der Waals surface area contributed by atoms with E-state index in [-0.39, 0.29) is 16.7 Å². The summed E-state index contributed by atoms with van der Waals surface area (Å²) in [6.07, 6.45) is 0. The topological polar surface area (TPSA) is 37.3 Å². The number of carboxylic acid groups (broad SMARTS) is 1. The molecule has 0 aliphatic rings. The lowest BCUT2D eigenvalue weighted by Gasteiger charge is -2.05. The smallest absolute Gasteiger partial charge is 0.335 e. The van der Waals surface area contributed by atoms with E-state index in [0.717, 1.165) is 12.1 Å². The fraction of sp³-hybridized carbons (Fsp3) is 0. The van der Waals surface area contributed by atoms with Gasteiger partial charge < -0.3 is 5.11 Å². The van der Waals surface area contributed by atoms with Gasteiger partial charge in [-0.25, -0.2) is 13.6 Å². The molecular formula is C13H8F2O2. The Hall–Kier alpha value is -2.23. The Morgan fingerprint density at radius 2 is 1.59 bits per heavy atom. The number of rotatable bonds is 2. The van der Waals surface area contributed by atoms with Gasteiger partial charge in [0.2, 0.25) is 0 Å². The van der Waals surface area contributed by atoms with Crippen molar-refractivity contribution in [2.75, 3.05) is 0 Å². The molecule has 0 bridgehead atoms. The number of carboxylic acids is 1. The van der Waals surface area contributed by atoms with Gasteiger partial charge >= 0.3 is 5.97 Å². The minimum Gasteiger partial charge on any atom is -0.478 e. The quantitative estimate of drug-likeness (QED) is 0.865. The molecule has 86 valence electrons. The van der Waals surface area contributed by atoms with Gasteiger partial charge in [-0.15, -0.1) is 0 Å². The molecule has 0 radical (unpaired) electrons. The van der Waals surface area contributed by atoms with Crippen molar-refractivity contribution in [3.05, 3.63) is 59.7 Å². The highest BCUT2D eigenvalue weighted by Crippen LogP contribution is 2.26. The Kier molecular flexibility index (Phi) is 2.87. The molecule has 0 aliphatic carbocycles. The largest absolute Gasteiger partial charge is 0.478 e. The molecule has 2 nitrogen and oxygen atoms in total. The van der Waals surface area contributed by atoms with Gasteiger partial charge in [-0.05, 0) is 29.8 Å². The molecule has 0 amide bonds. The predicted molar refractivity (Wildman–Crippen MR) is 58.8 cm³/mol. The maximum absolute atomic E-state index is 13.5. The zero-order valence-electron chi connectivity index (χ0n) is 8.65. The average molecular weight is 234 g/mol. The van der Waals surface area contributed by atoms with Crippen LogP contribution in [0.2, 0.25) is 0 Å². The highest BCUT2D eigenvalue weighted by molar-refractivity contribution is 5.89. The zero-order valence-corrected chi connectivity index (χ0v) is 8.65. The lowest BCUT2D eigenvalue weighted by atomic mass is 10.0. The summed E-state index contributed by atoms with van der Waals surface area (Å²) in [5.41, 5.74) is -0.0127. The molecule has 0 aromatic heterocycles. The summed E-state index contributed by atoms with van der Waals surface area (Å²) in [5.74, 6) is -2.57. The molecule has 0 saturated carbocycles. The number of halogens is 2. The first-order valence-corrected chi connectivity index (χ1v) is 4.87. The Labute approximate surface area is 96.1 Å². The van der Waals surface area contributed by atoms with Crippen LogP contribution in [-0.4, -0.2) is 11.1 Å². The van der Waals surface area contributed by atoms with Crippen LogP contribution in [0.4, 0.5) is 8.78 Å². The van der Waals surface area contributed by atoms with Crippen molar-refractivity contribution in [1.82, 2.24) is 0 Å². The molecule has 4 heteroatoms. The molecular weight excluding hydrogens is 226 g/mol.